The summed E-state index contributed by atoms with van der Waals surface area (Å²) in [6.45, 7) is 4.28. The van der Waals surface area contributed by atoms with Gasteiger partial charge in [0.25, 0.3) is 10.0 Å². The number of hydrogen-bond acceptors (Lipinski definition) is 9. The number of aromatic nitrogens is 1. The number of ether oxygens (including phenoxy) is 1. The van der Waals surface area contributed by atoms with Gasteiger partial charge in [0.2, 0.25) is 0 Å². The van der Waals surface area contributed by atoms with E-state index >= 15 is 0 Å². The van der Waals surface area contributed by atoms with Crippen LogP contribution in [0.5, 0.6) is 5.75 Å². The van der Waals surface area contributed by atoms with E-state index in [2.05, 4.69) is 34.9 Å². The van der Waals surface area contributed by atoms with Crippen molar-refractivity contribution < 1.29 is 13.2 Å². The standard InChI is InChI=1S/C22H20N4O3S4/c1-22(2)19-17(15-5-4-6-16(29-3)18(15)25-22)20(32-31-19)24-13-7-9-14(10-8-13)33(27,28)26-21-23-11-12-30-21/h4-12,25H,1-3H3,(H,23,26). The maximum atomic E-state index is 12.6. The summed E-state index contributed by atoms with van der Waals surface area (Å²) in [5.41, 5.74) is 3.50. The van der Waals surface area contributed by atoms with Crippen LogP contribution >= 0.6 is 32.0 Å². The molecule has 0 fully saturated rings. The monoisotopic (exact) mass is 516 g/mol. The molecule has 0 radical (unpaired) electrons. The first-order chi connectivity index (χ1) is 15.8. The number of nitrogens with zero attached hydrogens (tertiary/aromatic N) is 2. The van der Waals surface area contributed by atoms with E-state index in [4.69, 9.17) is 9.73 Å². The molecule has 2 aromatic carbocycles. The fourth-order valence-electron chi connectivity index (χ4n) is 3.66. The topological polar surface area (TPSA) is 92.7 Å². The second-order valence-electron chi connectivity index (χ2n) is 7.86. The Bertz CT molecular complexity index is 1490. The summed E-state index contributed by atoms with van der Waals surface area (Å²) in [4.78, 5) is 10.2. The van der Waals surface area contributed by atoms with Gasteiger partial charge in [0.1, 0.15) is 10.4 Å². The van der Waals surface area contributed by atoms with E-state index in [-0.39, 0.29) is 10.4 Å². The fourth-order valence-corrected chi connectivity index (χ4v) is 8.39. The average molecular weight is 517 g/mol. The highest BCUT2D eigenvalue weighted by Gasteiger charge is 2.35. The summed E-state index contributed by atoms with van der Waals surface area (Å²) in [6, 6.07) is 12.5. The van der Waals surface area contributed by atoms with E-state index in [0.717, 1.165) is 27.2 Å². The van der Waals surface area contributed by atoms with Crippen LogP contribution in [0.2, 0.25) is 0 Å². The molecule has 33 heavy (non-hydrogen) atoms. The number of thiazole rings is 1. The van der Waals surface area contributed by atoms with E-state index in [1.165, 1.54) is 16.2 Å². The summed E-state index contributed by atoms with van der Waals surface area (Å²) < 4.78 is 34.2. The predicted octanol–water partition coefficient (Wildman–Crippen LogP) is 5.64. The molecule has 0 atom stereocenters. The molecular weight excluding hydrogens is 497 g/mol. The largest absolute Gasteiger partial charge is 0.495 e. The second-order valence-corrected chi connectivity index (χ2v) is 12.6. The SMILES string of the molecule is COc1cccc2c1NC(C)(C)c1ssc(=Nc3ccc(S(=O)(=O)Nc4nccs4)cc3)c1-2. The molecule has 11 heteroatoms. The smallest absolute Gasteiger partial charge is 0.263 e. The first kappa shape index (κ1) is 22.1. The van der Waals surface area contributed by atoms with Gasteiger partial charge in [-0.15, -0.1) is 11.3 Å². The van der Waals surface area contributed by atoms with Gasteiger partial charge >= 0.3 is 0 Å². The number of nitrogens with one attached hydrogen (secondary N) is 2. The van der Waals surface area contributed by atoms with Gasteiger partial charge in [-0.1, -0.05) is 32.8 Å². The second kappa shape index (κ2) is 8.24. The number of anilines is 2. The molecule has 2 N–H and O–H groups in total. The van der Waals surface area contributed by atoms with Crippen LogP contribution in [0.1, 0.15) is 18.7 Å². The molecule has 4 aromatic rings. The lowest BCUT2D eigenvalue weighted by Crippen LogP contribution is -2.32. The Balaban J connectivity index is 1.55. The maximum absolute atomic E-state index is 12.6. The molecule has 0 saturated heterocycles. The van der Waals surface area contributed by atoms with Crippen molar-refractivity contribution in [3.63, 3.8) is 0 Å². The van der Waals surface area contributed by atoms with Crippen LogP contribution in [0.4, 0.5) is 16.5 Å². The number of para-hydroxylation sites is 1. The first-order valence-corrected chi connectivity index (χ1v) is 14.5. The normalized spacial score (nSPS) is 14.8. The predicted molar refractivity (Wildman–Crippen MR) is 135 cm³/mol. The lowest BCUT2D eigenvalue weighted by Gasteiger charge is -2.34. The third kappa shape index (κ3) is 4.05. The minimum Gasteiger partial charge on any atom is -0.495 e. The van der Waals surface area contributed by atoms with Gasteiger partial charge in [0.15, 0.2) is 5.13 Å². The molecule has 0 bridgehead atoms. The highest BCUT2D eigenvalue weighted by Crippen LogP contribution is 2.48. The average Bonchev–Trinajstić information content (AvgIpc) is 3.44. The Labute approximate surface area is 202 Å². The quantitative estimate of drug-likeness (QED) is 0.335. The van der Waals surface area contributed by atoms with Gasteiger partial charge in [-0.25, -0.2) is 18.4 Å². The molecule has 0 saturated carbocycles. The van der Waals surface area contributed by atoms with E-state index < -0.39 is 10.0 Å². The lowest BCUT2D eigenvalue weighted by atomic mass is 9.89. The molecule has 2 aromatic heterocycles. The molecule has 3 heterocycles. The highest BCUT2D eigenvalue weighted by atomic mass is 32.9. The van der Waals surface area contributed by atoms with Gasteiger partial charge in [0, 0.05) is 22.7 Å². The van der Waals surface area contributed by atoms with Gasteiger partial charge in [0.05, 0.1) is 33.8 Å². The van der Waals surface area contributed by atoms with Gasteiger partial charge in [-0.2, -0.15) is 0 Å². The summed E-state index contributed by atoms with van der Waals surface area (Å²) in [5, 5.41) is 5.65. The molecule has 0 spiro atoms. The number of methoxy groups -OCH3 is 1. The molecule has 0 amide bonds. The molecule has 1 aliphatic rings. The molecule has 1 aliphatic heterocycles. The zero-order valence-corrected chi connectivity index (χ0v) is 21.2. The third-order valence-electron chi connectivity index (χ3n) is 5.20. The van der Waals surface area contributed by atoms with Crippen LogP contribution in [0, 0.1) is 0 Å². The Morgan fingerprint density at radius 2 is 1.91 bits per heavy atom. The van der Waals surface area contributed by atoms with Crippen molar-refractivity contribution in [3.05, 3.63) is 63.6 Å². The number of sulfonamides is 1. The Morgan fingerprint density at radius 3 is 2.61 bits per heavy atom. The lowest BCUT2D eigenvalue weighted by molar-refractivity contribution is 0.414. The Kier molecular flexibility index (Phi) is 5.52. The van der Waals surface area contributed by atoms with E-state index in [1.54, 1.807) is 63.6 Å². The van der Waals surface area contributed by atoms with Crippen LogP contribution in [-0.2, 0) is 15.6 Å². The van der Waals surface area contributed by atoms with Crippen molar-refractivity contribution in [2.24, 2.45) is 4.99 Å². The molecule has 5 rings (SSSR count). The van der Waals surface area contributed by atoms with Crippen molar-refractivity contribution in [2.75, 3.05) is 17.1 Å². The number of fused-ring (bicyclic) bond motifs is 3. The fraction of sp³-hybridized carbons (Fsp3) is 0.182. The Hall–Kier alpha value is -2.73. The molecule has 0 aliphatic carbocycles. The Morgan fingerprint density at radius 1 is 1.12 bits per heavy atom. The van der Waals surface area contributed by atoms with Crippen molar-refractivity contribution in [3.8, 4) is 16.9 Å². The minimum absolute atomic E-state index is 0.160. The zero-order chi connectivity index (χ0) is 23.2. The van der Waals surface area contributed by atoms with E-state index in [9.17, 15) is 8.42 Å². The van der Waals surface area contributed by atoms with Crippen molar-refractivity contribution in [1.29, 1.82) is 0 Å². The maximum Gasteiger partial charge on any atom is 0.263 e. The molecule has 170 valence electrons. The molecular formula is C22H20N4O3S4. The molecule has 0 unspecified atom stereocenters. The molecule has 7 nitrogen and oxygen atoms in total. The number of rotatable bonds is 5. The van der Waals surface area contributed by atoms with Crippen LogP contribution < -0.4 is 19.4 Å². The van der Waals surface area contributed by atoms with Gasteiger partial charge in [-0.3, -0.25) is 4.72 Å². The first-order valence-electron chi connectivity index (χ1n) is 9.95. The van der Waals surface area contributed by atoms with Crippen LogP contribution in [-0.4, -0.2) is 20.5 Å². The highest BCUT2D eigenvalue weighted by molar-refractivity contribution is 7.93. The summed E-state index contributed by atoms with van der Waals surface area (Å²) in [7, 11) is 1.27. The van der Waals surface area contributed by atoms with Crippen molar-refractivity contribution in [1.82, 2.24) is 4.98 Å². The summed E-state index contributed by atoms with van der Waals surface area (Å²) in [6.07, 6.45) is 1.55. The third-order valence-corrected chi connectivity index (χ3v) is 10.0. The van der Waals surface area contributed by atoms with Crippen molar-refractivity contribution >= 4 is 58.5 Å². The number of benzene rings is 2. The number of hydrogen-bond donors (Lipinski definition) is 2. The van der Waals surface area contributed by atoms with Gasteiger partial charge < -0.3 is 10.1 Å². The van der Waals surface area contributed by atoms with Crippen LogP contribution in [0.15, 0.2) is 63.9 Å². The summed E-state index contributed by atoms with van der Waals surface area (Å²) in [5.74, 6) is 0.788. The van der Waals surface area contributed by atoms with Crippen LogP contribution in [0.25, 0.3) is 11.1 Å². The van der Waals surface area contributed by atoms with Crippen molar-refractivity contribution in [2.45, 2.75) is 24.3 Å². The van der Waals surface area contributed by atoms with Crippen LogP contribution in [0.3, 0.4) is 0 Å². The van der Waals surface area contributed by atoms with E-state index in [0.29, 0.717) is 10.8 Å². The summed E-state index contributed by atoms with van der Waals surface area (Å²) >= 11 is 1.23. The minimum atomic E-state index is -3.70. The van der Waals surface area contributed by atoms with E-state index in [1.807, 2.05) is 12.1 Å². The zero-order valence-electron chi connectivity index (χ0n) is 17.9. The van der Waals surface area contributed by atoms with Gasteiger partial charge in [-0.05, 0) is 44.2 Å².